The van der Waals surface area contributed by atoms with Crippen LogP contribution >= 0.6 is 0 Å². The zero-order chi connectivity index (χ0) is 12.7. The van der Waals surface area contributed by atoms with E-state index in [1.165, 1.54) is 0 Å². The van der Waals surface area contributed by atoms with Crippen molar-refractivity contribution in [1.82, 2.24) is 0 Å². The molecule has 0 heterocycles. The van der Waals surface area contributed by atoms with Crippen LogP contribution in [0, 0.1) is 5.92 Å². The lowest BCUT2D eigenvalue weighted by molar-refractivity contribution is -0.120. The molecule has 0 N–H and O–H groups in total. The second-order valence-electron chi connectivity index (χ2n) is 4.07. The van der Waals surface area contributed by atoms with E-state index in [4.69, 9.17) is 0 Å². The van der Waals surface area contributed by atoms with Crippen molar-refractivity contribution in [2.75, 3.05) is 0 Å². The fourth-order valence-electron chi connectivity index (χ4n) is 1.97. The molecule has 1 aromatic carbocycles. The third-order valence-corrected chi connectivity index (χ3v) is 2.94. The summed E-state index contributed by atoms with van der Waals surface area (Å²) in [5.74, 6) is 0.286. The number of rotatable bonds is 6. The van der Waals surface area contributed by atoms with Crippen molar-refractivity contribution in [3.8, 4) is 0 Å². The summed E-state index contributed by atoms with van der Waals surface area (Å²) < 4.78 is 0. The van der Waals surface area contributed by atoms with Crippen LogP contribution in [-0.2, 0) is 4.79 Å². The average molecular weight is 231 g/mol. The summed E-state index contributed by atoms with van der Waals surface area (Å²) in [5.41, 5.74) is 1.94. The Morgan fingerprint density at radius 2 is 1.76 bits per heavy atom. The second-order valence-corrected chi connectivity index (χ2v) is 4.07. The van der Waals surface area contributed by atoms with Gasteiger partial charge in [0.1, 0.15) is 5.78 Å². The fourth-order valence-corrected chi connectivity index (χ4v) is 1.97. The Morgan fingerprint density at radius 3 is 2.24 bits per heavy atom. The van der Waals surface area contributed by atoms with Gasteiger partial charge in [-0.25, -0.2) is 0 Å². The van der Waals surface area contributed by atoms with Crippen molar-refractivity contribution >= 4 is 17.2 Å². The third-order valence-electron chi connectivity index (χ3n) is 2.94. The van der Waals surface area contributed by atoms with E-state index in [-0.39, 0.29) is 5.92 Å². The number of para-hydroxylation sites is 1. The molecule has 0 aliphatic rings. The van der Waals surface area contributed by atoms with Gasteiger partial charge in [0.15, 0.2) is 0 Å². The van der Waals surface area contributed by atoms with Gasteiger partial charge in [-0.1, -0.05) is 39.0 Å². The van der Waals surface area contributed by atoms with Crippen LogP contribution in [0.2, 0.25) is 0 Å². The van der Waals surface area contributed by atoms with Crippen molar-refractivity contribution in [2.24, 2.45) is 10.9 Å². The number of carbonyl (C=O) groups is 1. The first kappa shape index (κ1) is 13.6. The summed E-state index contributed by atoms with van der Waals surface area (Å²) in [4.78, 5) is 16.5. The Kier molecular flexibility index (Phi) is 5.61. The van der Waals surface area contributed by atoms with Crippen molar-refractivity contribution in [3.63, 3.8) is 0 Å². The van der Waals surface area contributed by atoms with Gasteiger partial charge < -0.3 is 0 Å². The van der Waals surface area contributed by atoms with Gasteiger partial charge in [-0.2, -0.15) is 0 Å². The lowest BCUT2D eigenvalue weighted by atomic mass is 9.92. The molecular weight excluding hydrogens is 210 g/mol. The lowest BCUT2D eigenvalue weighted by Gasteiger charge is -2.14. The number of hydrogen-bond acceptors (Lipinski definition) is 2. The van der Waals surface area contributed by atoms with Gasteiger partial charge in [-0.15, -0.1) is 0 Å². The number of hydrogen-bond donors (Lipinski definition) is 0. The lowest BCUT2D eigenvalue weighted by Crippen LogP contribution is -2.22. The Balaban J connectivity index is 2.97. The molecule has 1 aromatic rings. The zero-order valence-electron chi connectivity index (χ0n) is 10.9. The Bertz CT molecular complexity index is 381. The number of Topliss-reactive ketones (excluding diaryl/α,β-unsaturated/α-hetero) is 1. The Labute approximate surface area is 104 Å². The smallest absolute Gasteiger partial charge is 0.141 e. The van der Waals surface area contributed by atoms with E-state index in [9.17, 15) is 4.79 Å². The van der Waals surface area contributed by atoms with E-state index >= 15 is 0 Å². The van der Waals surface area contributed by atoms with Crippen LogP contribution in [0.25, 0.3) is 0 Å². The molecule has 0 aliphatic carbocycles. The molecule has 2 heteroatoms. The summed E-state index contributed by atoms with van der Waals surface area (Å²) in [6, 6.07) is 9.85. The molecule has 17 heavy (non-hydrogen) atoms. The van der Waals surface area contributed by atoms with Crippen LogP contribution in [0.3, 0.4) is 0 Å². The van der Waals surface area contributed by atoms with Crippen LogP contribution in [-0.4, -0.2) is 11.5 Å². The zero-order valence-corrected chi connectivity index (χ0v) is 10.9. The summed E-state index contributed by atoms with van der Waals surface area (Å²) in [6.45, 7) is 6.03. The Hall–Kier alpha value is -1.44. The van der Waals surface area contributed by atoms with Crippen LogP contribution in [0.4, 0.5) is 5.69 Å². The van der Waals surface area contributed by atoms with Crippen LogP contribution in [0.15, 0.2) is 35.3 Å². The molecule has 1 rings (SSSR count). The molecule has 2 nitrogen and oxygen atoms in total. The molecule has 0 saturated heterocycles. The summed E-state index contributed by atoms with van der Waals surface area (Å²) in [6.07, 6.45) is 2.26. The first-order chi connectivity index (χ1) is 8.22. The number of ketones is 1. The van der Waals surface area contributed by atoms with E-state index in [1.54, 1.807) is 0 Å². The molecule has 0 spiro atoms. The highest BCUT2D eigenvalue weighted by molar-refractivity contribution is 6.05. The number of nitrogens with zero attached hydrogens (tertiary/aromatic N) is 1. The minimum Gasteiger partial charge on any atom is -0.299 e. The van der Waals surface area contributed by atoms with E-state index in [1.807, 2.05) is 37.3 Å². The average Bonchev–Trinajstić information content (AvgIpc) is 2.39. The molecule has 1 unspecified atom stereocenters. The van der Waals surface area contributed by atoms with Gasteiger partial charge in [0.2, 0.25) is 0 Å². The number of benzene rings is 1. The molecule has 0 aliphatic heterocycles. The predicted molar refractivity (Wildman–Crippen MR) is 72.9 cm³/mol. The minimum atomic E-state index is -0.00907. The molecule has 1 atom stereocenters. The minimum absolute atomic E-state index is 0.00907. The molecule has 0 bridgehead atoms. The fraction of sp³-hybridized carbons (Fsp3) is 0.467. The maximum atomic E-state index is 11.9. The first-order valence-electron chi connectivity index (χ1n) is 6.38. The number of carbonyl (C=O) groups excluding carboxylic acids is 1. The topological polar surface area (TPSA) is 29.4 Å². The maximum Gasteiger partial charge on any atom is 0.141 e. The summed E-state index contributed by atoms with van der Waals surface area (Å²) in [5, 5.41) is 0. The highest BCUT2D eigenvalue weighted by atomic mass is 16.1. The van der Waals surface area contributed by atoms with Gasteiger partial charge in [-0.3, -0.25) is 9.79 Å². The quantitative estimate of drug-likeness (QED) is 0.675. The normalized spacial score (nSPS) is 13.5. The van der Waals surface area contributed by atoms with E-state index < -0.39 is 0 Å². The standard InChI is InChI=1S/C15H21NO/c1-4-13(15(17)6-3)14(5-2)16-12-10-8-7-9-11-12/h7-11,13H,4-6H2,1-3H3/b16-14-. The third kappa shape index (κ3) is 3.81. The predicted octanol–water partition coefficient (Wildman–Crippen LogP) is 4.17. The van der Waals surface area contributed by atoms with Gasteiger partial charge in [-0.05, 0) is 25.0 Å². The molecule has 0 amide bonds. The molecule has 92 valence electrons. The molecule has 0 aromatic heterocycles. The van der Waals surface area contributed by atoms with Crippen molar-refractivity contribution < 1.29 is 4.79 Å². The van der Waals surface area contributed by atoms with Gasteiger partial charge in [0, 0.05) is 12.1 Å². The molecule has 0 radical (unpaired) electrons. The van der Waals surface area contributed by atoms with E-state index in [0.29, 0.717) is 12.2 Å². The monoisotopic (exact) mass is 231 g/mol. The summed E-state index contributed by atoms with van der Waals surface area (Å²) in [7, 11) is 0. The van der Waals surface area contributed by atoms with Gasteiger partial charge in [0.25, 0.3) is 0 Å². The molecular formula is C15H21NO. The maximum absolute atomic E-state index is 11.9. The largest absolute Gasteiger partial charge is 0.299 e. The Morgan fingerprint density at radius 1 is 1.12 bits per heavy atom. The van der Waals surface area contributed by atoms with Crippen LogP contribution < -0.4 is 0 Å². The van der Waals surface area contributed by atoms with Crippen LogP contribution in [0.5, 0.6) is 0 Å². The SMILES string of the molecule is CCC(=O)C(CC)/C(CC)=N\c1ccccc1. The van der Waals surface area contributed by atoms with E-state index in [0.717, 1.165) is 24.2 Å². The van der Waals surface area contributed by atoms with E-state index in [2.05, 4.69) is 18.8 Å². The molecule has 0 saturated carbocycles. The van der Waals surface area contributed by atoms with Gasteiger partial charge in [0.05, 0.1) is 11.6 Å². The van der Waals surface area contributed by atoms with Crippen molar-refractivity contribution in [1.29, 1.82) is 0 Å². The van der Waals surface area contributed by atoms with Crippen molar-refractivity contribution in [2.45, 2.75) is 40.0 Å². The van der Waals surface area contributed by atoms with Crippen molar-refractivity contribution in [3.05, 3.63) is 30.3 Å². The first-order valence-corrected chi connectivity index (χ1v) is 6.38. The highest BCUT2D eigenvalue weighted by Gasteiger charge is 2.19. The second kappa shape index (κ2) is 7.00. The number of aliphatic imine (C=N–C) groups is 1. The molecule has 0 fully saturated rings. The van der Waals surface area contributed by atoms with Gasteiger partial charge >= 0.3 is 0 Å². The highest BCUT2D eigenvalue weighted by Crippen LogP contribution is 2.18. The van der Waals surface area contributed by atoms with Crippen LogP contribution in [0.1, 0.15) is 40.0 Å². The summed E-state index contributed by atoms with van der Waals surface area (Å²) >= 11 is 0.